The smallest absolute Gasteiger partial charge is 0.310 e. The number of rotatable bonds is 4. The van der Waals surface area contributed by atoms with Crippen LogP contribution in [-0.2, 0) is 22.6 Å². The molecule has 0 N–H and O–H groups in total. The van der Waals surface area contributed by atoms with E-state index in [0.29, 0.717) is 15.6 Å². The van der Waals surface area contributed by atoms with Gasteiger partial charge in [-0.15, -0.1) is 0 Å². The van der Waals surface area contributed by atoms with Gasteiger partial charge in [-0.3, -0.25) is 4.79 Å². The summed E-state index contributed by atoms with van der Waals surface area (Å²) >= 11 is 15.4. The molecule has 0 radical (unpaired) electrons. The summed E-state index contributed by atoms with van der Waals surface area (Å²) in [5.41, 5.74) is 1.52. The maximum Gasteiger partial charge on any atom is 0.310 e. The molecule has 2 aromatic rings. The van der Waals surface area contributed by atoms with E-state index in [2.05, 4.69) is 15.9 Å². The quantitative estimate of drug-likeness (QED) is 0.701. The lowest BCUT2D eigenvalue weighted by molar-refractivity contribution is -0.144. The Hall–Kier alpha value is -1.03. The van der Waals surface area contributed by atoms with Crippen LogP contribution in [0.1, 0.15) is 11.1 Å². The van der Waals surface area contributed by atoms with E-state index in [1.165, 1.54) is 0 Å². The molecule has 0 fully saturated rings. The second-order valence-corrected chi connectivity index (χ2v) is 5.89. The monoisotopic (exact) mass is 372 g/mol. The summed E-state index contributed by atoms with van der Waals surface area (Å²) in [4.78, 5) is 11.8. The molecule has 0 amide bonds. The Balaban J connectivity index is 1.94. The van der Waals surface area contributed by atoms with Crippen molar-refractivity contribution in [2.75, 3.05) is 0 Å². The Labute approximate surface area is 135 Å². The molecule has 0 aliphatic carbocycles. The average Bonchev–Trinajstić information content (AvgIpc) is 2.41. The van der Waals surface area contributed by atoms with Crippen molar-refractivity contribution in [1.29, 1.82) is 0 Å². The predicted octanol–water partition coefficient (Wildman–Crippen LogP) is 5.04. The van der Waals surface area contributed by atoms with E-state index < -0.39 is 0 Å². The zero-order valence-corrected chi connectivity index (χ0v) is 13.5. The van der Waals surface area contributed by atoms with E-state index in [9.17, 15) is 4.79 Å². The van der Waals surface area contributed by atoms with Gasteiger partial charge < -0.3 is 4.74 Å². The lowest BCUT2D eigenvalue weighted by Crippen LogP contribution is -2.08. The molecule has 0 bridgehead atoms. The highest BCUT2D eigenvalue weighted by atomic mass is 79.9. The highest BCUT2D eigenvalue weighted by molar-refractivity contribution is 9.10. The number of carbonyl (C=O) groups excluding carboxylic acids is 1. The highest BCUT2D eigenvalue weighted by Gasteiger charge is 2.09. The minimum atomic E-state index is -0.316. The van der Waals surface area contributed by atoms with Crippen LogP contribution in [0, 0.1) is 0 Å². The number of halogens is 3. The van der Waals surface area contributed by atoms with Gasteiger partial charge in [-0.05, 0) is 29.8 Å². The fourth-order valence-electron chi connectivity index (χ4n) is 1.64. The Morgan fingerprint density at radius 2 is 1.65 bits per heavy atom. The van der Waals surface area contributed by atoms with E-state index in [-0.39, 0.29) is 19.0 Å². The van der Waals surface area contributed by atoms with Gasteiger partial charge in [0.05, 0.1) is 6.42 Å². The number of benzene rings is 2. The zero-order chi connectivity index (χ0) is 14.5. The van der Waals surface area contributed by atoms with Gasteiger partial charge in [0.2, 0.25) is 0 Å². The maximum absolute atomic E-state index is 11.8. The molecule has 0 atom stereocenters. The van der Waals surface area contributed by atoms with Crippen molar-refractivity contribution in [3.8, 4) is 0 Å². The number of hydrogen-bond acceptors (Lipinski definition) is 2. The molecular formula is C15H11BrCl2O2. The molecule has 0 saturated heterocycles. The van der Waals surface area contributed by atoms with Crippen LogP contribution in [0.5, 0.6) is 0 Å². The van der Waals surface area contributed by atoms with Gasteiger partial charge in [-0.25, -0.2) is 0 Å². The summed E-state index contributed by atoms with van der Waals surface area (Å²) in [5, 5.41) is 0.989. The lowest BCUT2D eigenvalue weighted by Gasteiger charge is -2.08. The number of carbonyl (C=O) groups is 1. The third-order valence-electron chi connectivity index (χ3n) is 2.70. The molecule has 20 heavy (non-hydrogen) atoms. The number of ether oxygens (including phenoxy) is 1. The molecule has 0 aliphatic rings. The second-order valence-electron chi connectivity index (χ2n) is 4.16. The summed E-state index contributed by atoms with van der Waals surface area (Å²) in [6.45, 7) is 0.0773. The van der Waals surface area contributed by atoms with Crippen LogP contribution in [0.25, 0.3) is 0 Å². The van der Waals surface area contributed by atoms with Gasteiger partial charge in [0.15, 0.2) is 0 Å². The summed E-state index contributed by atoms with van der Waals surface area (Å²) in [7, 11) is 0. The van der Waals surface area contributed by atoms with Crippen molar-refractivity contribution < 1.29 is 9.53 Å². The first-order chi connectivity index (χ1) is 9.56. The minimum Gasteiger partial charge on any atom is -0.460 e. The van der Waals surface area contributed by atoms with Gasteiger partial charge in [0, 0.05) is 20.1 Å². The van der Waals surface area contributed by atoms with Gasteiger partial charge in [-0.2, -0.15) is 0 Å². The van der Waals surface area contributed by atoms with Gasteiger partial charge >= 0.3 is 5.97 Å². The van der Waals surface area contributed by atoms with Crippen molar-refractivity contribution >= 4 is 45.1 Å². The molecule has 2 rings (SSSR count). The highest BCUT2D eigenvalue weighted by Crippen LogP contribution is 2.25. The summed E-state index contributed by atoms with van der Waals surface area (Å²) in [6, 6.07) is 12.7. The molecular weight excluding hydrogens is 363 g/mol. The Kier molecular flexibility index (Phi) is 5.46. The maximum atomic E-state index is 11.8. The van der Waals surface area contributed by atoms with E-state index in [1.807, 2.05) is 24.3 Å². The average molecular weight is 374 g/mol. The van der Waals surface area contributed by atoms with Crippen molar-refractivity contribution in [3.05, 3.63) is 68.1 Å². The SMILES string of the molecule is O=C(Cc1ccc(Br)cc1)OCc1c(Cl)cccc1Cl. The molecule has 2 aromatic carbocycles. The standard InChI is InChI=1S/C15H11BrCl2O2/c16-11-6-4-10(5-7-11)8-15(19)20-9-12-13(17)2-1-3-14(12)18/h1-7H,8-9H2. The van der Waals surface area contributed by atoms with Crippen LogP contribution in [0.2, 0.25) is 10.0 Å². The number of esters is 1. The van der Waals surface area contributed by atoms with E-state index in [1.54, 1.807) is 18.2 Å². The van der Waals surface area contributed by atoms with E-state index in [4.69, 9.17) is 27.9 Å². The topological polar surface area (TPSA) is 26.3 Å². The van der Waals surface area contributed by atoms with Crippen LogP contribution in [0.15, 0.2) is 46.9 Å². The van der Waals surface area contributed by atoms with Crippen LogP contribution < -0.4 is 0 Å². The molecule has 5 heteroatoms. The van der Waals surface area contributed by atoms with Crippen LogP contribution in [0.4, 0.5) is 0 Å². The molecule has 2 nitrogen and oxygen atoms in total. The first-order valence-corrected chi connectivity index (χ1v) is 7.44. The van der Waals surface area contributed by atoms with Gasteiger partial charge in [0.1, 0.15) is 6.61 Å². The zero-order valence-electron chi connectivity index (χ0n) is 10.4. The predicted molar refractivity (Wildman–Crippen MR) is 84.1 cm³/mol. The minimum absolute atomic E-state index is 0.0773. The Bertz CT molecular complexity index is 592. The molecule has 0 unspecified atom stereocenters. The lowest BCUT2D eigenvalue weighted by atomic mass is 10.1. The third-order valence-corrected chi connectivity index (χ3v) is 3.94. The molecule has 0 aromatic heterocycles. The van der Waals surface area contributed by atoms with Crippen LogP contribution in [-0.4, -0.2) is 5.97 Å². The largest absolute Gasteiger partial charge is 0.460 e. The fraction of sp³-hybridized carbons (Fsp3) is 0.133. The first kappa shape index (κ1) is 15.4. The second kappa shape index (κ2) is 7.11. The molecule has 0 spiro atoms. The van der Waals surface area contributed by atoms with Crippen molar-refractivity contribution in [2.24, 2.45) is 0 Å². The van der Waals surface area contributed by atoms with Crippen molar-refractivity contribution in [3.63, 3.8) is 0 Å². The van der Waals surface area contributed by atoms with Crippen molar-refractivity contribution in [1.82, 2.24) is 0 Å². The van der Waals surface area contributed by atoms with Crippen molar-refractivity contribution in [2.45, 2.75) is 13.0 Å². The van der Waals surface area contributed by atoms with E-state index >= 15 is 0 Å². The van der Waals surface area contributed by atoms with Crippen LogP contribution >= 0.6 is 39.1 Å². The molecule has 0 heterocycles. The number of hydrogen-bond donors (Lipinski definition) is 0. The Morgan fingerprint density at radius 3 is 2.25 bits per heavy atom. The van der Waals surface area contributed by atoms with E-state index in [0.717, 1.165) is 10.0 Å². The molecule has 0 saturated carbocycles. The molecule has 104 valence electrons. The fourth-order valence-corrected chi connectivity index (χ4v) is 2.41. The Morgan fingerprint density at radius 1 is 1.05 bits per heavy atom. The van der Waals surface area contributed by atoms with Crippen LogP contribution in [0.3, 0.4) is 0 Å². The van der Waals surface area contributed by atoms with Gasteiger partial charge in [-0.1, -0.05) is 57.3 Å². The van der Waals surface area contributed by atoms with Gasteiger partial charge in [0.25, 0.3) is 0 Å². The normalized spacial score (nSPS) is 10.3. The summed E-state index contributed by atoms with van der Waals surface area (Å²) in [6.07, 6.45) is 0.218. The molecule has 0 aliphatic heterocycles. The summed E-state index contributed by atoms with van der Waals surface area (Å²) in [5.74, 6) is -0.316. The first-order valence-electron chi connectivity index (χ1n) is 5.89. The summed E-state index contributed by atoms with van der Waals surface area (Å²) < 4.78 is 6.17. The third kappa shape index (κ3) is 4.23.